The minimum atomic E-state index is -0.837. The van der Waals surface area contributed by atoms with E-state index < -0.39 is 47.9 Å². The molecule has 2 rings (SSSR count). The van der Waals surface area contributed by atoms with Gasteiger partial charge in [0.25, 0.3) is 5.91 Å². The van der Waals surface area contributed by atoms with Crippen molar-refractivity contribution < 1.29 is 33.3 Å². The monoisotopic (exact) mass is 359 g/mol. The zero-order chi connectivity index (χ0) is 19.0. The third-order valence-corrected chi connectivity index (χ3v) is 3.83. The maximum atomic E-state index is 12.5. The Morgan fingerprint density at radius 2 is 2.04 bits per heavy atom. The van der Waals surface area contributed by atoms with Crippen molar-refractivity contribution >= 4 is 12.0 Å². The highest BCUT2D eigenvalue weighted by atomic mass is 16.7. The predicted octanol–water partition coefficient (Wildman–Crippen LogP) is 2.05. The first-order valence-electron chi connectivity index (χ1n) is 8.60. The Kier molecular flexibility index (Phi) is 5.78. The van der Waals surface area contributed by atoms with Crippen LogP contribution in [0.25, 0.3) is 0 Å². The SMILES string of the molecule is CCOC(C)O[C@H]1C(=O)N(C(=O)OC(C)(C)C)[C@H]1[C@H]1COC(C)(C)O1. The first-order valence-corrected chi connectivity index (χ1v) is 8.60. The maximum Gasteiger partial charge on any atom is 0.417 e. The quantitative estimate of drug-likeness (QED) is 0.549. The summed E-state index contributed by atoms with van der Waals surface area (Å²) in [6, 6.07) is -0.618. The molecule has 0 N–H and O–H groups in total. The predicted molar refractivity (Wildman–Crippen MR) is 87.7 cm³/mol. The second kappa shape index (κ2) is 7.19. The molecule has 2 heterocycles. The third-order valence-electron chi connectivity index (χ3n) is 3.83. The molecule has 4 atom stereocenters. The Bertz CT molecular complexity index is 514. The van der Waals surface area contributed by atoms with E-state index >= 15 is 0 Å². The van der Waals surface area contributed by atoms with E-state index in [0.29, 0.717) is 6.61 Å². The Morgan fingerprint density at radius 1 is 1.40 bits per heavy atom. The lowest BCUT2D eigenvalue weighted by Crippen LogP contribution is -2.72. The number of amides is 2. The molecule has 25 heavy (non-hydrogen) atoms. The van der Waals surface area contributed by atoms with Gasteiger partial charge in [-0.05, 0) is 48.5 Å². The van der Waals surface area contributed by atoms with Gasteiger partial charge in [-0.25, -0.2) is 9.69 Å². The molecule has 0 aromatic heterocycles. The molecule has 0 radical (unpaired) electrons. The summed E-state index contributed by atoms with van der Waals surface area (Å²) < 4.78 is 27.8. The summed E-state index contributed by atoms with van der Waals surface area (Å²) in [5.41, 5.74) is -0.710. The molecule has 1 unspecified atom stereocenters. The van der Waals surface area contributed by atoms with Crippen molar-refractivity contribution in [3.8, 4) is 0 Å². The highest BCUT2D eigenvalue weighted by molar-refractivity contribution is 6.01. The number of hydrogen-bond donors (Lipinski definition) is 0. The second-order valence-electron chi connectivity index (χ2n) is 7.63. The number of carbonyl (C=O) groups excluding carboxylic acids is 2. The van der Waals surface area contributed by atoms with E-state index in [1.807, 2.05) is 6.92 Å². The van der Waals surface area contributed by atoms with Crippen molar-refractivity contribution in [3.05, 3.63) is 0 Å². The van der Waals surface area contributed by atoms with E-state index in [1.54, 1.807) is 41.5 Å². The molecule has 0 aromatic rings. The molecular formula is C17H29NO7. The molecule has 0 aliphatic carbocycles. The van der Waals surface area contributed by atoms with Gasteiger partial charge < -0.3 is 23.7 Å². The Labute approximate surface area is 148 Å². The van der Waals surface area contributed by atoms with Crippen LogP contribution in [0, 0.1) is 0 Å². The molecule has 2 amide bonds. The minimum absolute atomic E-state index is 0.257. The van der Waals surface area contributed by atoms with Crippen LogP contribution >= 0.6 is 0 Å². The van der Waals surface area contributed by atoms with Gasteiger partial charge in [0.05, 0.1) is 6.61 Å². The van der Waals surface area contributed by atoms with Crippen LogP contribution in [0.3, 0.4) is 0 Å². The molecule has 2 saturated heterocycles. The minimum Gasteiger partial charge on any atom is -0.443 e. The lowest BCUT2D eigenvalue weighted by molar-refractivity contribution is -0.225. The van der Waals surface area contributed by atoms with Crippen LogP contribution in [0.5, 0.6) is 0 Å². The van der Waals surface area contributed by atoms with Crippen molar-refractivity contribution in [1.82, 2.24) is 4.90 Å². The largest absolute Gasteiger partial charge is 0.443 e. The highest BCUT2D eigenvalue weighted by Gasteiger charge is 2.59. The van der Waals surface area contributed by atoms with Crippen LogP contribution in [0.4, 0.5) is 4.79 Å². The maximum absolute atomic E-state index is 12.5. The number of β-lactam (4-membered cyclic amide) rings is 1. The number of nitrogens with zero attached hydrogens (tertiary/aromatic N) is 1. The summed E-state index contributed by atoms with van der Waals surface area (Å²) in [6.07, 6.45) is -2.60. The fraction of sp³-hybridized carbons (Fsp3) is 0.882. The molecule has 8 heteroatoms. The van der Waals surface area contributed by atoms with Crippen molar-refractivity contribution in [3.63, 3.8) is 0 Å². The number of hydrogen-bond acceptors (Lipinski definition) is 7. The molecule has 2 fully saturated rings. The molecule has 0 bridgehead atoms. The van der Waals surface area contributed by atoms with Crippen LogP contribution in [-0.4, -0.2) is 66.0 Å². The summed E-state index contributed by atoms with van der Waals surface area (Å²) in [4.78, 5) is 26.0. The van der Waals surface area contributed by atoms with E-state index in [0.717, 1.165) is 4.90 Å². The van der Waals surface area contributed by atoms with E-state index in [1.165, 1.54) is 0 Å². The average molecular weight is 359 g/mol. The first-order chi connectivity index (χ1) is 11.4. The van der Waals surface area contributed by atoms with E-state index in [4.69, 9.17) is 23.7 Å². The summed E-state index contributed by atoms with van der Waals surface area (Å²) in [7, 11) is 0. The molecule has 0 aromatic carbocycles. The molecule has 144 valence electrons. The van der Waals surface area contributed by atoms with Crippen molar-refractivity contribution in [1.29, 1.82) is 0 Å². The summed E-state index contributed by atoms with van der Waals surface area (Å²) >= 11 is 0. The van der Waals surface area contributed by atoms with Crippen LogP contribution in [-0.2, 0) is 28.5 Å². The number of likely N-dealkylation sites (tertiary alicyclic amines) is 1. The zero-order valence-corrected chi connectivity index (χ0v) is 16.0. The van der Waals surface area contributed by atoms with E-state index in [-0.39, 0.29) is 6.61 Å². The molecule has 8 nitrogen and oxygen atoms in total. The molecular weight excluding hydrogens is 330 g/mol. The summed E-state index contributed by atoms with van der Waals surface area (Å²) in [5, 5.41) is 0. The normalized spacial score (nSPS) is 30.1. The number of carbonyl (C=O) groups is 2. The number of rotatable bonds is 5. The summed E-state index contributed by atoms with van der Waals surface area (Å²) in [6.45, 7) is 13.1. The lowest BCUT2D eigenvalue weighted by atomic mass is 9.93. The second-order valence-corrected chi connectivity index (χ2v) is 7.63. The Morgan fingerprint density at radius 3 is 2.52 bits per heavy atom. The van der Waals surface area contributed by atoms with Crippen molar-refractivity contribution in [2.24, 2.45) is 0 Å². The van der Waals surface area contributed by atoms with Crippen molar-refractivity contribution in [2.45, 2.75) is 84.4 Å². The number of ether oxygens (including phenoxy) is 5. The first kappa shape index (κ1) is 20.1. The third kappa shape index (κ3) is 4.69. The lowest BCUT2D eigenvalue weighted by Gasteiger charge is -2.47. The smallest absolute Gasteiger partial charge is 0.417 e. The standard InChI is InChI=1S/C17H29NO7/c1-8-21-10(2)23-13-12(11-9-22-17(6,7)24-11)18(14(13)19)15(20)25-16(3,4)5/h10-13H,8-9H2,1-7H3/t10?,11-,12+,13-/m1/s1. The summed E-state index contributed by atoms with van der Waals surface area (Å²) in [5.74, 6) is -1.24. The van der Waals surface area contributed by atoms with Gasteiger partial charge in [-0.1, -0.05) is 0 Å². The Balaban J connectivity index is 2.15. The molecule has 2 aliphatic rings. The topological polar surface area (TPSA) is 83.5 Å². The van der Waals surface area contributed by atoms with E-state index in [9.17, 15) is 9.59 Å². The molecule has 0 spiro atoms. The van der Waals surface area contributed by atoms with Gasteiger partial charge >= 0.3 is 6.09 Å². The van der Waals surface area contributed by atoms with E-state index in [2.05, 4.69) is 0 Å². The van der Waals surface area contributed by atoms with Crippen LogP contribution in [0.1, 0.15) is 48.5 Å². The van der Waals surface area contributed by atoms with Crippen molar-refractivity contribution in [2.75, 3.05) is 13.2 Å². The Hall–Kier alpha value is -1.22. The van der Waals surface area contributed by atoms with Gasteiger partial charge in [0.15, 0.2) is 18.2 Å². The van der Waals surface area contributed by atoms with Gasteiger partial charge in [-0.15, -0.1) is 0 Å². The fourth-order valence-corrected chi connectivity index (χ4v) is 2.87. The van der Waals surface area contributed by atoms with Gasteiger partial charge in [-0.2, -0.15) is 0 Å². The zero-order valence-electron chi connectivity index (χ0n) is 16.0. The van der Waals surface area contributed by atoms with Gasteiger partial charge in [0.2, 0.25) is 0 Å². The fourth-order valence-electron chi connectivity index (χ4n) is 2.87. The number of imide groups is 1. The van der Waals surface area contributed by atoms with Gasteiger partial charge in [-0.3, -0.25) is 4.79 Å². The van der Waals surface area contributed by atoms with Crippen LogP contribution in [0.2, 0.25) is 0 Å². The highest BCUT2D eigenvalue weighted by Crippen LogP contribution is 2.35. The van der Waals surface area contributed by atoms with Gasteiger partial charge in [0.1, 0.15) is 17.7 Å². The molecule has 2 aliphatic heterocycles. The van der Waals surface area contributed by atoms with Crippen LogP contribution in [0.15, 0.2) is 0 Å². The van der Waals surface area contributed by atoms with Gasteiger partial charge in [0, 0.05) is 6.61 Å². The van der Waals surface area contributed by atoms with Crippen LogP contribution < -0.4 is 0 Å². The average Bonchev–Trinajstić information content (AvgIpc) is 2.79. The molecule has 0 saturated carbocycles.